The van der Waals surface area contributed by atoms with Crippen LogP contribution in [0.1, 0.15) is 32.4 Å². The van der Waals surface area contributed by atoms with Crippen molar-refractivity contribution < 1.29 is 14.3 Å². The van der Waals surface area contributed by atoms with E-state index >= 15 is 0 Å². The zero-order valence-corrected chi connectivity index (χ0v) is 16.1. The average molecular weight is 411 g/mol. The highest BCUT2D eigenvalue weighted by molar-refractivity contribution is 9.10. The molecule has 5 nitrogen and oxygen atoms in total. The number of allylic oxidation sites excluding steroid dienone is 1. The first-order valence-corrected chi connectivity index (χ1v) is 8.84. The summed E-state index contributed by atoms with van der Waals surface area (Å²) < 4.78 is 5.73. The molecule has 1 aromatic rings. The molecule has 0 bridgehead atoms. The largest absolute Gasteiger partial charge is 0.460 e. The Hall–Kier alpha value is -1.73. The number of hydrogen-bond donors (Lipinski definition) is 2. The summed E-state index contributed by atoms with van der Waals surface area (Å²) in [6, 6.07) is 6.99. The van der Waals surface area contributed by atoms with Crippen molar-refractivity contribution in [2.45, 2.75) is 26.8 Å². The first-order valence-electron chi connectivity index (χ1n) is 7.64. The first kappa shape index (κ1) is 18.6. The van der Waals surface area contributed by atoms with Crippen molar-refractivity contribution in [1.29, 1.82) is 0 Å². The van der Waals surface area contributed by atoms with E-state index < -0.39 is 17.8 Å². The van der Waals surface area contributed by atoms with Gasteiger partial charge in [-0.05, 0) is 36.7 Å². The lowest BCUT2D eigenvalue weighted by Gasteiger charge is -2.33. The van der Waals surface area contributed by atoms with Crippen LogP contribution in [0, 0.1) is 5.92 Å². The zero-order chi connectivity index (χ0) is 17.9. The Morgan fingerprint density at radius 3 is 2.58 bits per heavy atom. The summed E-state index contributed by atoms with van der Waals surface area (Å²) in [5.41, 5.74) is 1.80. The van der Waals surface area contributed by atoms with Gasteiger partial charge in [0, 0.05) is 10.2 Å². The SMILES string of the molecule is CCOC(=O)C(=O)C1=C(C(C)C)NC(=S)N[C@@H]1c1ccccc1Br. The third-order valence-corrected chi connectivity index (χ3v) is 4.54. The number of carbonyl (C=O) groups is 2. The molecule has 0 aromatic heterocycles. The van der Waals surface area contributed by atoms with Gasteiger partial charge in [-0.2, -0.15) is 0 Å². The van der Waals surface area contributed by atoms with E-state index in [0.29, 0.717) is 16.4 Å². The summed E-state index contributed by atoms with van der Waals surface area (Å²) in [6.07, 6.45) is 0. The van der Waals surface area contributed by atoms with Crippen LogP contribution in [0.3, 0.4) is 0 Å². The topological polar surface area (TPSA) is 67.4 Å². The van der Waals surface area contributed by atoms with Crippen molar-refractivity contribution in [3.05, 3.63) is 45.6 Å². The molecule has 0 spiro atoms. The van der Waals surface area contributed by atoms with E-state index in [1.807, 2.05) is 38.1 Å². The minimum atomic E-state index is -0.862. The summed E-state index contributed by atoms with van der Waals surface area (Å²) in [6.45, 7) is 5.69. The molecule has 0 aliphatic carbocycles. The lowest BCUT2D eigenvalue weighted by Crippen LogP contribution is -2.47. The maximum absolute atomic E-state index is 12.7. The number of benzene rings is 1. The van der Waals surface area contributed by atoms with Crippen molar-refractivity contribution >= 4 is 45.0 Å². The molecule has 1 aliphatic rings. The van der Waals surface area contributed by atoms with E-state index in [1.165, 1.54) is 0 Å². The van der Waals surface area contributed by atoms with Gasteiger partial charge in [0.2, 0.25) is 0 Å². The summed E-state index contributed by atoms with van der Waals surface area (Å²) in [4.78, 5) is 24.8. The van der Waals surface area contributed by atoms with Gasteiger partial charge in [-0.3, -0.25) is 4.79 Å². The van der Waals surface area contributed by atoms with Crippen molar-refractivity contribution in [2.24, 2.45) is 5.92 Å². The fourth-order valence-electron chi connectivity index (χ4n) is 2.54. The van der Waals surface area contributed by atoms with Gasteiger partial charge in [-0.1, -0.05) is 48.0 Å². The molecule has 1 atom stereocenters. The number of rotatable bonds is 5. The molecule has 2 rings (SSSR count). The van der Waals surface area contributed by atoms with E-state index in [9.17, 15) is 9.59 Å². The highest BCUT2D eigenvalue weighted by Crippen LogP contribution is 2.34. The van der Waals surface area contributed by atoms with Gasteiger partial charge in [0.15, 0.2) is 5.11 Å². The second-order valence-corrected chi connectivity index (χ2v) is 6.85. The molecule has 1 aliphatic heterocycles. The molecule has 0 fully saturated rings. The second-order valence-electron chi connectivity index (χ2n) is 5.58. The van der Waals surface area contributed by atoms with Gasteiger partial charge >= 0.3 is 5.97 Å². The summed E-state index contributed by atoms with van der Waals surface area (Å²) in [5, 5.41) is 6.53. The van der Waals surface area contributed by atoms with Crippen LogP contribution in [0.2, 0.25) is 0 Å². The van der Waals surface area contributed by atoms with Crippen molar-refractivity contribution in [3.8, 4) is 0 Å². The number of hydrogen-bond acceptors (Lipinski definition) is 4. The zero-order valence-electron chi connectivity index (χ0n) is 13.7. The second kappa shape index (κ2) is 7.90. The van der Waals surface area contributed by atoms with Gasteiger partial charge in [-0.25, -0.2) is 4.79 Å². The summed E-state index contributed by atoms with van der Waals surface area (Å²) >= 11 is 8.78. The maximum atomic E-state index is 12.7. The maximum Gasteiger partial charge on any atom is 0.379 e. The molecular formula is C17H19BrN2O3S. The fourth-order valence-corrected chi connectivity index (χ4v) is 3.28. The molecular weight excluding hydrogens is 392 g/mol. The standard InChI is InChI=1S/C17H19BrN2O3S/c1-4-23-16(22)15(21)12-13(9(2)3)19-17(24)20-14(12)10-7-5-6-8-11(10)18/h5-9,14H,4H2,1-3H3,(H2,19,20,24)/t14-/m1/s1. The lowest BCUT2D eigenvalue weighted by molar-refractivity contribution is -0.152. The number of nitrogens with one attached hydrogen (secondary N) is 2. The molecule has 0 saturated heterocycles. The molecule has 1 aromatic carbocycles. The normalized spacial score (nSPS) is 17.4. The van der Waals surface area contributed by atoms with Crippen LogP contribution in [0.5, 0.6) is 0 Å². The summed E-state index contributed by atoms with van der Waals surface area (Å²) in [5.74, 6) is -1.54. The van der Waals surface area contributed by atoms with E-state index in [2.05, 4.69) is 26.6 Å². The molecule has 0 amide bonds. The predicted molar refractivity (Wildman–Crippen MR) is 99.3 cm³/mol. The molecule has 24 heavy (non-hydrogen) atoms. The van der Waals surface area contributed by atoms with E-state index in [1.54, 1.807) is 6.92 Å². The molecule has 0 saturated carbocycles. The quantitative estimate of drug-likeness (QED) is 0.441. The number of carbonyl (C=O) groups excluding carboxylic acids is 2. The number of esters is 1. The van der Waals surface area contributed by atoms with E-state index in [4.69, 9.17) is 17.0 Å². The van der Waals surface area contributed by atoms with Crippen LogP contribution in [-0.2, 0) is 14.3 Å². The molecule has 2 N–H and O–H groups in total. The van der Waals surface area contributed by atoms with Crippen LogP contribution in [0.4, 0.5) is 0 Å². The molecule has 7 heteroatoms. The highest BCUT2D eigenvalue weighted by Gasteiger charge is 2.36. The first-order chi connectivity index (χ1) is 11.4. The molecule has 0 radical (unpaired) electrons. The molecule has 0 unspecified atom stereocenters. The van der Waals surface area contributed by atoms with E-state index in [0.717, 1.165) is 10.0 Å². The van der Waals surface area contributed by atoms with Crippen LogP contribution in [0.25, 0.3) is 0 Å². The number of Topliss-reactive ketones (excluding diaryl/α,β-unsaturated/α-hetero) is 1. The van der Waals surface area contributed by atoms with Crippen molar-refractivity contribution in [3.63, 3.8) is 0 Å². The Balaban J connectivity index is 2.60. The monoisotopic (exact) mass is 410 g/mol. The lowest BCUT2D eigenvalue weighted by atomic mass is 9.89. The fraction of sp³-hybridized carbons (Fsp3) is 0.353. The number of halogens is 1. The Morgan fingerprint density at radius 2 is 2.00 bits per heavy atom. The Morgan fingerprint density at radius 1 is 1.33 bits per heavy atom. The third-order valence-electron chi connectivity index (χ3n) is 3.60. The predicted octanol–water partition coefficient (Wildman–Crippen LogP) is 3.01. The van der Waals surface area contributed by atoms with E-state index in [-0.39, 0.29) is 12.5 Å². The van der Waals surface area contributed by atoms with Crippen LogP contribution in [0.15, 0.2) is 40.0 Å². The Kier molecular flexibility index (Phi) is 6.12. The minimum Gasteiger partial charge on any atom is -0.460 e. The Labute approximate surface area is 155 Å². The summed E-state index contributed by atoms with van der Waals surface area (Å²) in [7, 11) is 0. The van der Waals surface area contributed by atoms with Crippen molar-refractivity contribution in [2.75, 3.05) is 6.61 Å². The van der Waals surface area contributed by atoms with Gasteiger partial charge in [0.1, 0.15) is 0 Å². The van der Waals surface area contributed by atoms with Crippen molar-refractivity contribution in [1.82, 2.24) is 10.6 Å². The Bertz CT molecular complexity index is 716. The average Bonchev–Trinajstić information content (AvgIpc) is 2.54. The number of ketones is 1. The van der Waals surface area contributed by atoms with Gasteiger partial charge in [0.25, 0.3) is 5.78 Å². The molecule has 128 valence electrons. The van der Waals surface area contributed by atoms with Crippen LogP contribution < -0.4 is 10.6 Å². The smallest absolute Gasteiger partial charge is 0.379 e. The van der Waals surface area contributed by atoms with Crippen LogP contribution >= 0.6 is 28.1 Å². The highest BCUT2D eigenvalue weighted by atomic mass is 79.9. The van der Waals surface area contributed by atoms with Crippen LogP contribution in [-0.4, -0.2) is 23.5 Å². The minimum absolute atomic E-state index is 0.0107. The third kappa shape index (κ3) is 3.84. The van der Waals surface area contributed by atoms with Gasteiger partial charge < -0.3 is 15.4 Å². The number of ether oxygens (including phenoxy) is 1. The molecule has 1 heterocycles. The van der Waals surface area contributed by atoms with Gasteiger partial charge in [-0.15, -0.1) is 0 Å². The number of thiocarbonyl (C=S) groups is 1. The van der Waals surface area contributed by atoms with Gasteiger partial charge in [0.05, 0.1) is 18.2 Å².